The van der Waals surface area contributed by atoms with Gasteiger partial charge >= 0.3 is 5.97 Å². The van der Waals surface area contributed by atoms with E-state index in [1.165, 1.54) is 0 Å². The van der Waals surface area contributed by atoms with Crippen LogP contribution in [-0.2, 0) is 9.53 Å². The monoisotopic (exact) mass is 206 g/mol. The predicted molar refractivity (Wildman–Crippen MR) is 55.6 cm³/mol. The molecule has 0 N–H and O–H groups in total. The number of cyclic esters (lactones) is 1. The summed E-state index contributed by atoms with van der Waals surface area (Å²) in [7, 11) is 0. The zero-order valence-corrected chi connectivity index (χ0v) is 8.68. The Kier molecular flexibility index (Phi) is 2.90. The van der Waals surface area contributed by atoms with Gasteiger partial charge in [0.15, 0.2) is 0 Å². The molecule has 1 saturated heterocycles. The van der Waals surface area contributed by atoms with Gasteiger partial charge in [0.25, 0.3) is 0 Å². The highest BCUT2D eigenvalue weighted by Crippen LogP contribution is 2.21. The van der Waals surface area contributed by atoms with E-state index in [0.29, 0.717) is 6.61 Å². The van der Waals surface area contributed by atoms with Crippen molar-refractivity contribution in [3.63, 3.8) is 0 Å². The molecule has 3 nitrogen and oxygen atoms in total. The number of hydrogen-bond donors (Lipinski definition) is 0. The number of hydrogen-bond acceptors (Lipinski definition) is 3. The molecule has 1 aliphatic heterocycles. The quantitative estimate of drug-likeness (QED) is 0.710. The summed E-state index contributed by atoms with van der Waals surface area (Å²) >= 11 is 0. The van der Waals surface area contributed by atoms with E-state index in [1.807, 2.05) is 37.3 Å². The van der Waals surface area contributed by atoms with Crippen molar-refractivity contribution in [2.45, 2.75) is 19.4 Å². The highest BCUT2D eigenvalue weighted by atomic mass is 16.6. The second kappa shape index (κ2) is 4.34. The molecule has 15 heavy (non-hydrogen) atoms. The van der Waals surface area contributed by atoms with Crippen molar-refractivity contribution >= 4 is 5.97 Å². The van der Waals surface area contributed by atoms with Gasteiger partial charge in [-0.25, -0.2) is 0 Å². The van der Waals surface area contributed by atoms with Gasteiger partial charge in [-0.2, -0.15) is 0 Å². The maximum atomic E-state index is 11.1. The molecule has 0 aromatic heterocycles. The zero-order valence-electron chi connectivity index (χ0n) is 8.68. The first-order valence-corrected chi connectivity index (χ1v) is 5.14. The normalized spacial score (nSPS) is 25.0. The number of carbonyl (C=O) groups is 1. The molecule has 0 bridgehead atoms. The molecule has 2 rings (SSSR count). The lowest BCUT2D eigenvalue weighted by Crippen LogP contribution is -2.17. The molecule has 2 unspecified atom stereocenters. The topological polar surface area (TPSA) is 35.5 Å². The Morgan fingerprint density at radius 1 is 1.40 bits per heavy atom. The molecule has 1 aliphatic rings. The van der Waals surface area contributed by atoms with Gasteiger partial charge in [-0.1, -0.05) is 25.1 Å². The minimum absolute atomic E-state index is 0.00868. The van der Waals surface area contributed by atoms with Crippen LogP contribution in [0, 0.1) is 5.92 Å². The Balaban J connectivity index is 1.82. The van der Waals surface area contributed by atoms with Crippen LogP contribution in [0.4, 0.5) is 0 Å². The molecule has 2 atom stereocenters. The Morgan fingerprint density at radius 3 is 2.73 bits per heavy atom. The first kappa shape index (κ1) is 10.0. The van der Waals surface area contributed by atoms with Gasteiger partial charge in [0, 0.05) is 6.42 Å². The molecular formula is C12H14O3. The molecule has 0 aliphatic carbocycles. The number of esters is 1. The summed E-state index contributed by atoms with van der Waals surface area (Å²) in [4.78, 5) is 11.1. The number of ether oxygens (including phenoxy) is 2. The molecule has 0 amide bonds. The van der Waals surface area contributed by atoms with Crippen molar-refractivity contribution in [1.82, 2.24) is 0 Å². The Morgan fingerprint density at radius 2 is 2.13 bits per heavy atom. The summed E-state index contributed by atoms with van der Waals surface area (Å²) in [5.41, 5.74) is 0. The fourth-order valence-electron chi connectivity index (χ4n) is 1.63. The first-order valence-electron chi connectivity index (χ1n) is 5.14. The number of para-hydroxylation sites is 1. The van der Waals surface area contributed by atoms with E-state index in [4.69, 9.17) is 9.47 Å². The van der Waals surface area contributed by atoms with Gasteiger partial charge in [-0.3, -0.25) is 4.79 Å². The van der Waals surface area contributed by atoms with Crippen LogP contribution in [0.15, 0.2) is 30.3 Å². The number of carbonyl (C=O) groups excluding carboxylic acids is 1. The van der Waals surface area contributed by atoms with Gasteiger partial charge in [-0.05, 0) is 12.1 Å². The van der Waals surface area contributed by atoms with E-state index in [1.54, 1.807) is 0 Å². The Bertz CT molecular complexity index is 334. The average Bonchev–Trinajstić information content (AvgIpc) is 2.57. The number of benzene rings is 1. The van der Waals surface area contributed by atoms with Crippen LogP contribution in [0.2, 0.25) is 0 Å². The van der Waals surface area contributed by atoms with E-state index in [0.717, 1.165) is 12.2 Å². The molecule has 3 heteroatoms. The summed E-state index contributed by atoms with van der Waals surface area (Å²) in [6, 6.07) is 9.54. The standard InChI is InChI=1S/C12H14O3/c1-9-7-11(15-12(9)13)8-14-10-5-3-2-4-6-10/h2-6,9,11H,7-8H2,1H3. The van der Waals surface area contributed by atoms with Crippen LogP contribution in [-0.4, -0.2) is 18.7 Å². The van der Waals surface area contributed by atoms with Crippen LogP contribution in [0.5, 0.6) is 5.75 Å². The third kappa shape index (κ3) is 2.49. The SMILES string of the molecule is CC1CC(COc2ccccc2)OC1=O. The summed E-state index contributed by atoms with van der Waals surface area (Å²) in [5.74, 6) is 0.708. The summed E-state index contributed by atoms with van der Waals surface area (Å²) in [6.45, 7) is 2.32. The minimum atomic E-state index is -0.114. The molecule has 1 heterocycles. The fraction of sp³-hybridized carbons (Fsp3) is 0.417. The maximum absolute atomic E-state index is 11.1. The van der Waals surface area contributed by atoms with Crippen molar-refractivity contribution in [3.05, 3.63) is 30.3 Å². The van der Waals surface area contributed by atoms with Crippen molar-refractivity contribution in [2.75, 3.05) is 6.61 Å². The third-order valence-electron chi connectivity index (χ3n) is 2.48. The first-order chi connectivity index (χ1) is 7.25. The minimum Gasteiger partial charge on any atom is -0.490 e. The van der Waals surface area contributed by atoms with Gasteiger partial charge in [0.2, 0.25) is 0 Å². The molecule has 0 spiro atoms. The molecular weight excluding hydrogens is 192 g/mol. The summed E-state index contributed by atoms with van der Waals surface area (Å²) in [5, 5.41) is 0. The van der Waals surface area contributed by atoms with E-state index >= 15 is 0 Å². The Hall–Kier alpha value is -1.51. The molecule has 1 aromatic rings. The largest absolute Gasteiger partial charge is 0.490 e. The van der Waals surface area contributed by atoms with Crippen LogP contribution in [0.3, 0.4) is 0 Å². The zero-order chi connectivity index (χ0) is 10.7. The lowest BCUT2D eigenvalue weighted by atomic mass is 10.1. The molecule has 1 fully saturated rings. The van der Waals surface area contributed by atoms with Gasteiger partial charge in [0.1, 0.15) is 18.5 Å². The summed E-state index contributed by atoms with van der Waals surface area (Å²) in [6.07, 6.45) is 0.666. The van der Waals surface area contributed by atoms with Gasteiger partial charge in [-0.15, -0.1) is 0 Å². The summed E-state index contributed by atoms with van der Waals surface area (Å²) < 4.78 is 10.6. The molecule has 80 valence electrons. The van der Waals surface area contributed by atoms with E-state index < -0.39 is 0 Å². The van der Waals surface area contributed by atoms with Crippen LogP contribution >= 0.6 is 0 Å². The molecule has 0 radical (unpaired) electrons. The highest BCUT2D eigenvalue weighted by Gasteiger charge is 2.31. The van der Waals surface area contributed by atoms with E-state index in [2.05, 4.69) is 0 Å². The number of rotatable bonds is 3. The average molecular weight is 206 g/mol. The van der Waals surface area contributed by atoms with Crippen molar-refractivity contribution in [3.8, 4) is 5.75 Å². The third-order valence-corrected chi connectivity index (χ3v) is 2.48. The van der Waals surface area contributed by atoms with Crippen LogP contribution in [0.1, 0.15) is 13.3 Å². The maximum Gasteiger partial charge on any atom is 0.309 e. The fourth-order valence-corrected chi connectivity index (χ4v) is 1.63. The van der Waals surface area contributed by atoms with Crippen molar-refractivity contribution in [2.24, 2.45) is 5.92 Å². The van der Waals surface area contributed by atoms with E-state index in [9.17, 15) is 4.79 Å². The smallest absolute Gasteiger partial charge is 0.309 e. The second-order valence-electron chi connectivity index (χ2n) is 3.82. The molecule has 1 aromatic carbocycles. The second-order valence-corrected chi connectivity index (χ2v) is 3.82. The lowest BCUT2D eigenvalue weighted by Gasteiger charge is -2.10. The van der Waals surface area contributed by atoms with E-state index in [-0.39, 0.29) is 18.0 Å². The Labute approximate surface area is 89.0 Å². The molecule has 0 saturated carbocycles. The lowest BCUT2D eigenvalue weighted by molar-refractivity contribution is -0.144. The van der Waals surface area contributed by atoms with Crippen molar-refractivity contribution < 1.29 is 14.3 Å². The van der Waals surface area contributed by atoms with Crippen LogP contribution < -0.4 is 4.74 Å². The van der Waals surface area contributed by atoms with Gasteiger partial charge < -0.3 is 9.47 Å². The highest BCUT2D eigenvalue weighted by molar-refractivity contribution is 5.74. The van der Waals surface area contributed by atoms with Crippen molar-refractivity contribution in [1.29, 1.82) is 0 Å². The van der Waals surface area contributed by atoms with Gasteiger partial charge in [0.05, 0.1) is 5.92 Å². The predicted octanol–water partition coefficient (Wildman–Crippen LogP) is 2.02. The van der Waals surface area contributed by atoms with Crippen LogP contribution in [0.25, 0.3) is 0 Å².